The summed E-state index contributed by atoms with van der Waals surface area (Å²) >= 11 is 0. The lowest BCUT2D eigenvalue weighted by molar-refractivity contribution is -0.138. The van der Waals surface area contributed by atoms with Gasteiger partial charge in [0.15, 0.2) is 0 Å². The van der Waals surface area contributed by atoms with Crippen LogP contribution in [0.1, 0.15) is 55.1 Å². The van der Waals surface area contributed by atoms with E-state index in [-0.39, 0.29) is 17.5 Å². The molecule has 1 aromatic rings. The summed E-state index contributed by atoms with van der Waals surface area (Å²) in [6.45, 7) is 1.66. The molecule has 3 aliphatic rings. The van der Waals surface area contributed by atoms with E-state index in [2.05, 4.69) is 4.98 Å². The number of carboxylic acids is 1. The number of nitrogens with one attached hydrogen (secondary N) is 1. The van der Waals surface area contributed by atoms with Gasteiger partial charge in [0.05, 0.1) is 12.2 Å². The number of aromatic amines is 1. The number of aromatic nitrogens is 2. The third-order valence-corrected chi connectivity index (χ3v) is 5.53. The maximum Gasteiger partial charge on any atom is 0.317 e. The number of carbonyl (C=O) groups is 1. The zero-order valence-corrected chi connectivity index (χ0v) is 12.6. The number of rotatable bonds is 3. The van der Waals surface area contributed by atoms with Crippen LogP contribution >= 0.6 is 0 Å². The number of hydrogen-bond acceptors (Lipinski definition) is 4. The van der Waals surface area contributed by atoms with E-state index >= 15 is 0 Å². The van der Waals surface area contributed by atoms with Gasteiger partial charge in [-0.3, -0.25) is 14.5 Å². The monoisotopic (exact) mass is 303 g/mol. The van der Waals surface area contributed by atoms with Crippen LogP contribution in [-0.2, 0) is 16.6 Å². The van der Waals surface area contributed by atoms with Crippen molar-refractivity contribution in [1.82, 2.24) is 14.9 Å². The first-order valence-corrected chi connectivity index (χ1v) is 8.15. The predicted molar refractivity (Wildman–Crippen MR) is 80.1 cm³/mol. The molecule has 6 heteroatoms. The van der Waals surface area contributed by atoms with Crippen LogP contribution in [-0.4, -0.2) is 45.6 Å². The maximum atomic E-state index is 12.3. The molecule has 2 fully saturated rings. The number of aliphatic carboxylic acids is 1. The second kappa shape index (κ2) is 4.91. The van der Waals surface area contributed by atoms with Crippen molar-refractivity contribution in [3.8, 4) is 0 Å². The van der Waals surface area contributed by atoms with Crippen LogP contribution < -0.4 is 5.56 Å². The van der Waals surface area contributed by atoms with Gasteiger partial charge in [-0.15, -0.1) is 0 Å². The minimum absolute atomic E-state index is 0.00222. The van der Waals surface area contributed by atoms with Gasteiger partial charge < -0.3 is 10.1 Å². The Balaban J connectivity index is 1.61. The molecule has 0 bridgehead atoms. The van der Waals surface area contributed by atoms with Crippen molar-refractivity contribution >= 4 is 5.97 Å². The Morgan fingerprint density at radius 2 is 2.05 bits per heavy atom. The van der Waals surface area contributed by atoms with Crippen molar-refractivity contribution in [1.29, 1.82) is 0 Å². The zero-order valence-electron chi connectivity index (χ0n) is 12.6. The van der Waals surface area contributed by atoms with Gasteiger partial charge in [0.1, 0.15) is 5.82 Å². The minimum Gasteiger partial charge on any atom is -0.480 e. The van der Waals surface area contributed by atoms with Crippen LogP contribution in [0.5, 0.6) is 0 Å². The second-order valence-electron chi connectivity index (χ2n) is 7.00. The molecule has 6 nitrogen and oxygen atoms in total. The van der Waals surface area contributed by atoms with Gasteiger partial charge >= 0.3 is 5.97 Å². The summed E-state index contributed by atoms with van der Waals surface area (Å²) in [6, 6.07) is 0. The summed E-state index contributed by atoms with van der Waals surface area (Å²) in [4.78, 5) is 33.0. The molecule has 1 saturated carbocycles. The van der Waals surface area contributed by atoms with Crippen molar-refractivity contribution in [2.24, 2.45) is 0 Å². The third kappa shape index (κ3) is 2.26. The van der Waals surface area contributed by atoms with E-state index in [1.165, 1.54) is 0 Å². The molecule has 2 heterocycles. The number of H-pyrrole nitrogens is 1. The molecule has 0 unspecified atom stereocenters. The normalized spacial score (nSPS) is 23.6. The van der Waals surface area contributed by atoms with Gasteiger partial charge in [0, 0.05) is 16.9 Å². The second-order valence-corrected chi connectivity index (χ2v) is 7.00. The highest BCUT2D eigenvalue weighted by Crippen LogP contribution is 2.45. The zero-order chi connectivity index (χ0) is 15.3. The molecular formula is C16H21N3O3. The standard InChI is InChI=1S/C16H21N3O3/c20-12(21)9-19-7-5-16(6-8-19)4-3-11-13(16)17-14(10-1-2-10)18-15(11)22/h10H,1-9H2,(H,20,21)(H,17,18,22). The Hall–Kier alpha value is -1.69. The highest BCUT2D eigenvalue weighted by atomic mass is 16.4. The molecule has 2 N–H and O–H groups in total. The third-order valence-electron chi connectivity index (χ3n) is 5.53. The van der Waals surface area contributed by atoms with Crippen molar-refractivity contribution < 1.29 is 9.90 Å². The Morgan fingerprint density at radius 1 is 1.32 bits per heavy atom. The van der Waals surface area contributed by atoms with E-state index in [0.29, 0.717) is 5.92 Å². The van der Waals surface area contributed by atoms with Crippen LogP contribution in [0.2, 0.25) is 0 Å². The van der Waals surface area contributed by atoms with Gasteiger partial charge in [0.25, 0.3) is 5.56 Å². The van der Waals surface area contributed by atoms with Crippen molar-refractivity contribution in [2.45, 2.75) is 49.9 Å². The molecule has 1 spiro atoms. The van der Waals surface area contributed by atoms with Crippen molar-refractivity contribution in [3.63, 3.8) is 0 Å². The molecule has 1 saturated heterocycles. The highest BCUT2D eigenvalue weighted by Gasteiger charge is 2.44. The number of fused-ring (bicyclic) bond motifs is 2. The van der Waals surface area contributed by atoms with Gasteiger partial charge in [-0.2, -0.15) is 0 Å². The van der Waals surface area contributed by atoms with Crippen LogP contribution in [0, 0.1) is 0 Å². The van der Waals surface area contributed by atoms with Crippen LogP contribution in [0.4, 0.5) is 0 Å². The Kier molecular flexibility index (Phi) is 3.11. The van der Waals surface area contributed by atoms with E-state index in [9.17, 15) is 9.59 Å². The molecule has 1 aliphatic heterocycles. The maximum absolute atomic E-state index is 12.3. The first-order valence-electron chi connectivity index (χ1n) is 8.15. The van der Waals surface area contributed by atoms with Gasteiger partial charge in [-0.25, -0.2) is 4.98 Å². The molecule has 0 amide bonds. The number of piperidine rings is 1. The topological polar surface area (TPSA) is 86.3 Å². The van der Waals surface area contributed by atoms with Crippen LogP contribution in [0.3, 0.4) is 0 Å². The number of likely N-dealkylation sites (tertiary alicyclic amines) is 1. The largest absolute Gasteiger partial charge is 0.480 e. The first kappa shape index (κ1) is 13.9. The molecule has 0 aromatic carbocycles. The SMILES string of the molecule is O=C(O)CN1CCC2(CCc3c2nc(C2CC2)[nH]c3=O)CC1. The van der Waals surface area contributed by atoms with E-state index in [0.717, 1.165) is 68.7 Å². The minimum atomic E-state index is -0.770. The lowest BCUT2D eigenvalue weighted by atomic mass is 9.76. The summed E-state index contributed by atoms with van der Waals surface area (Å²) in [6.07, 6.45) is 5.86. The van der Waals surface area contributed by atoms with Crippen LogP contribution in [0.15, 0.2) is 4.79 Å². The molecule has 0 radical (unpaired) electrons. The molecule has 118 valence electrons. The number of hydrogen-bond donors (Lipinski definition) is 2. The number of carboxylic acid groups (broad SMARTS) is 1. The molecule has 0 atom stereocenters. The first-order chi connectivity index (χ1) is 10.6. The summed E-state index contributed by atoms with van der Waals surface area (Å²) in [7, 11) is 0. The average molecular weight is 303 g/mol. The highest BCUT2D eigenvalue weighted by molar-refractivity contribution is 5.69. The fraction of sp³-hybridized carbons (Fsp3) is 0.688. The lowest BCUT2D eigenvalue weighted by Gasteiger charge is -2.38. The van der Waals surface area contributed by atoms with Gasteiger partial charge in [-0.05, 0) is 51.6 Å². The number of nitrogens with zero attached hydrogens (tertiary/aromatic N) is 2. The summed E-state index contributed by atoms with van der Waals surface area (Å²) in [5.74, 6) is 0.550. The molecular weight excluding hydrogens is 282 g/mol. The molecule has 1 aromatic heterocycles. The van der Waals surface area contributed by atoms with Gasteiger partial charge in [-0.1, -0.05) is 0 Å². The Labute approximate surface area is 128 Å². The lowest BCUT2D eigenvalue weighted by Crippen LogP contribution is -2.44. The van der Waals surface area contributed by atoms with Crippen molar-refractivity contribution in [2.75, 3.05) is 19.6 Å². The van der Waals surface area contributed by atoms with E-state index < -0.39 is 5.97 Å². The smallest absolute Gasteiger partial charge is 0.317 e. The van der Waals surface area contributed by atoms with Crippen LogP contribution in [0.25, 0.3) is 0 Å². The van der Waals surface area contributed by atoms with Gasteiger partial charge in [0.2, 0.25) is 0 Å². The molecule has 22 heavy (non-hydrogen) atoms. The predicted octanol–water partition coefficient (Wildman–Crippen LogP) is 1.01. The summed E-state index contributed by atoms with van der Waals surface area (Å²) < 4.78 is 0. The quantitative estimate of drug-likeness (QED) is 0.870. The van der Waals surface area contributed by atoms with E-state index in [1.54, 1.807) is 0 Å². The Bertz CT molecular complexity index is 670. The summed E-state index contributed by atoms with van der Waals surface area (Å²) in [5.41, 5.74) is 1.95. The average Bonchev–Trinajstić information content (AvgIpc) is 3.26. The Morgan fingerprint density at radius 3 is 2.68 bits per heavy atom. The molecule has 4 rings (SSSR count). The van der Waals surface area contributed by atoms with E-state index in [4.69, 9.17) is 10.1 Å². The van der Waals surface area contributed by atoms with Crippen molar-refractivity contribution in [3.05, 3.63) is 27.4 Å². The fourth-order valence-electron chi connectivity index (χ4n) is 4.04. The summed E-state index contributed by atoms with van der Waals surface area (Å²) in [5, 5.41) is 8.92. The van der Waals surface area contributed by atoms with E-state index in [1.807, 2.05) is 4.90 Å². The fourth-order valence-corrected chi connectivity index (χ4v) is 4.04. The molecule has 2 aliphatic carbocycles.